The third-order valence-electron chi connectivity index (χ3n) is 2.96. The number of hydrogen-bond donors (Lipinski definition) is 1. The number of carbonyl (C=O) groups excluding carboxylic acids is 1. The van der Waals surface area contributed by atoms with E-state index in [1.807, 2.05) is 13.0 Å². The van der Waals surface area contributed by atoms with Gasteiger partial charge in [0.1, 0.15) is 5.70 Å². The number of amides is 1. The fourth-order valence-electron chi connectivity index (χ4n) is 1.87. The van der Waals surface area contributed by atoms with Crippen LogP contribution in [0.5, 0.6) is 11.5 Å². The Hall–Kier alpha value is -1.60. The number of nitrogens with zero attached hydrogens (tertiary/aromatic N) is 1. The van der Waals surface area contributed by atoms with Gasteiger partial charge >= 0.3 is 0 Å². The number of methoxy groups -OCH3 is 1. The van der Waals surface area contributed by atoms with Crippen molar-refractivity contribution in [2.75, 3.05) is 20.8 Å². The van der Waals surface area contributed by atoms with Crippen LogP contribution in [0.1, 0.15) is 12.5 Å². The lowest BCUT2D eigenvalue weighted by atomic mass is 10.1. The van der Waals surface area contributed by atoms with E-state index in [2.05, 4.69) is 21.2 Å². The maximum absolute atomic E-state index is 12.0. The van der Waals surface area contributed by atoms with Gasteiger partial charge in [-0.3, -0.25) is 9.69 Å². The Balaban J connectivity index is 2.43. The molecule has 1 aromatic carbocycles. The molecule has 0 spiro atoms. The number of hydrogen-bond acceptors (Lipinski definition) is 4. The van der Waals surface area contributed by atoms with Gasteiger partial charge < -0.3 is 14.8 Å². The number of rotatable bonds is 4. The van der Waals surface area contributed by atoms with Crippen LogP contribution in [0, 0.1) is 0 Å². The number of carbonyl (C=O) groups is 1. The highest BCUT2D eigenvalue weighted by Crippen LogP contribution is 2.34. The molecule has 1 amide bonds. The second kappa shape index (κ2) is 6.44. The van der Waals surface area contributed by atoms with Crippen molar-refractivity contribution < 1.29 is 14.3 Å². The van der Waals surface area contributed by atoms with E-state index >= 15 is 0 Å². The summed E-state index contributed by atoms with van der Waals surface area (Å²) in [4.78, 5) is 13.4. The minimum atomic E-state index is -0.166. The number of thiocarbonyl (C=S) groups is 1. The zero-order chi connectivity index (χ0) is 15.6. The van der Waals surface area contributed by atoms with Crippen LogP contribution in [0.3, 0.4) is 0 Å². The van der Waals surface area contributed by atoms with Crippen LogP contribution in [0.2, 0.25) is 0 Å². The van der Waals surface area contributed by atoms with Gasteiger partial charge in [-0.15, -0.1) is 0 Å². The number of ether oxygens (including phenoxy) is 2. The molecule has 1 aliphatic rings. The van der Waals surface area contributed by atoms with E-state index < -0.39 is 0 Å². The summed E-state index contributed by atoms with van der Waals surface area (Å²) in [5, 5.41) is 3.27. The minimum absolute atomic E-state index is 0.166. The average molecular weight is 371 g/mol. The molecule has 2 rings (SSSR count). The predicted molar refractivity (Wildman–Crippen MR) is 88.3 cm³/mol. The molecule has 0 atom stereocenters. The number of likely N-dealkylation sites (N-methyl/N-ethyl adjacent to an activating group) is 1. The molecule has 1 aliphatic heterocycles. The first-order valence-corrected chi connectivity index (χ1v) is 7.49. The lowest BCUT2D eigenvalue weighted by molar-refractivity contribution is -0.121. The highest BCUT2D eigenvalue weighted by atomic mass is 79.9. The SMILES string of the molecule is CCOc1cc(C=C2NC(=S)N(C)C2=O)c(Br)cc1OC. The molecule has 0 aromatic heterocycles. The Labute approximate surface area is 137 Å². The van der Waals surface area contributed by atoms with Crippen LogP contribution < -0.4 is 14.8 Å². The van der Waals surface area contributed by atoms with Crippen LogP contribution in [0.25, 0.3) is 6.08 Å². The summed E-state index contributed by atoms with van der Waals surface area (Å²) in [5.41, 5.74) is 1.23. The molecular formula is C14H15BrN2O3S. The summed E-state index contributed by atoms with van der Waals surface area (Å²) in [6.07, 6.45) is 1.73. The topological polar surface area (TPSA) is 50.8 Å². The van der Waals surface area contributed by atoms with Crippen LogP contribution in [-0.4, -0.2) is 36.7 Å². The molecule has 112 valence electrons. The summed E-state index contributed by atoms with van der Waals surface area (Å²) >= 11 is 8.51. The molecule has 5 nitrogen and oxygen atoms in total. The third-order valence-corrected chi connectivity index (χ3v) is 4.03. The van der Waals surface area contributed by atoms with Gasteiger partial charge in [-0.2, -0.15) is 0 Å². The maximum Gasteiger partial charge on any atom is 0.276 e. The second-order valence-corrected chi connectivity index (χ2v) is 5.55. The van der Waals surface area contributed by atoms with E-state index in [4.69, 9.17) is 21.7 Å². The molecule has 0 unspecified atom stereocenters. The van der Waals surface area contributed by atoms with Gasteiger partial charge in [-0.25, -0.2) is 0 Å². The van der Waals surface area contributed by atoms with Gasteiger partial charge in [0.05, 0.1) is 13.7 Å². The molecule has 0 bridgehead atoms. The Bertz CT molecular complexity index is 631. The first-order valence-electron chi connectivity index (χ1n) is 6.29. The lowest BCUT2D eigenvalue weighted by Crippen LogP contribution is -2.25. The predicted octanol–water partition coefficient (Wildman–Crippen LogP) is 2.54. The summed E-state index contributed by atoms with van der Waals surface area (Å²) < 4.78 is 11.6. The molecule has 1 heterocycles. The van der Waals surface area contributed by atoms with E-state index in [1.165, 1.54) is 4.90 Å². The van der Waals surface area contributed by atoms with Gasteiger partial charge in [0.25, 0.3) is 5.91 Å². The van der Waals surface area contributed by atoms with Crippen molar-refractivity contribution >= 4 is 45.2 Å². The lowest BCUT2D eigenvalue weighted by Gasteiger charge is -2.11. The summed E-state index contributed by atoms with van der Waals surface area (Å²) in [6, 6.07) is 3.62. The highest BCUT2D eigenvalue weighted by Gasteiger charge is 2.27. The fraction of sp³-hybridized carbons (Fsp3) is 0.286. The molecule has 1 fully saturated rings. The minimum Gasteiger partial charge on any atom is -0.493 e. The van der Waals surface area contributed by atoms with E-state index in [-0.39, 0.29) is 5.91 Å². The number of nitrogens with one attached hydrogen (secondary N) is 1. The smallest absolute Gasteiger partial charge is 0.276 e. The average Bonchev–Trinajstić information content (AvgIpc) is 2.70. The second-order valence-electron chi connectivity index (χ2n) is 4.31. The van der Waals surface area contributed by atoms with Crippen LogP contribution in [0.4, 0.5) is 0 Å². The van der Waals surface area contributed by atoms with Gasteiger partial charge in [-0.1, -0.05) is 15.9 Å². The monoisotopic (exact) mass is 370 g/mol. The molecule has 1 saturated heterocycles. The first-order chi connectivity index (χ1) is 9.97. The first kappa shape index (κ1) is 15.8. The summed E-state index contributed by atoms with van der Waals surface area (Å²) in [5.74, 6) is 1.08. The number of benzene rings is 1. The van der Waals surface area contributed by atoms with E-state index in [1.54, 1.807) is 26.3 Å². The van der Waals surface area contributed by atoms with Crippen molar-refractivity contribution in [3.8, 4) is 11.5 Å². The Morgan fingerprint density at radius 1 is 1.43 bits per heavy atom. The zero-order valence-corrected chi connectivity index (χ0v) is 14.3. The Kier molecular flexibility index (Phi) is 4.84. The molecule has 1 aromatic rings. The Morgan fingerprint density at radius 2 is 2.14 bits per heavy atom. The molecule has 1 N–H and O–H groups in total. The molecule has 0 aliphatic carbocycles. The van der Waals surface area contributed by atoms with Crippen LogP contribution in [0.15, 0.2) is 22.3 Å². The summed E-state index contributed by atoms with van der Waals surface area (Å²) in [6.45, 7) is 2.42. The normalized spacial score (nSPS) is 16.4. The number of halogens is 1. The van der Waals surface area contributed by atoms with Crippen molar-refractivity contribution in [2.24, 2.45) is 0 Å². The standard InChI is InChI=1S/C14H15BrN2O3S/c1-4-20-12-6-8(9(15)7-11(12)19-3)5-10-13(18)17(2)14(21)16-10/h5-7H,4H2,1-3H3,(H,16,21). The Morgan fingerprint density at radius 3 is 2.67 bits per heavy atom. The molecule has 0 radical (unpaired) electrons. The van der Waals surface area contributed by atoms with Crippen molar-refractivity contribution in [3.63, 3.8) is 0 Å². The quantitative estimate of drug-likeness (QED) is 0.651. The largest absolute Gasteiger partial charge is 0.493 e. The fourth-order valence-corrected chi connectivity index (χ4v) is 2.50. The summed E-state index contributed by atoms with van der Waals surface area (Å²) in [7, 11) is 3.21. The third kappa shape index (κ3) is 3.19. The van der Waals surface area contributed by atoms with Gasteiger partial charge in [-0.05, 0) is 42.9 Å². The van der Waals surface area contributed by atoms with Gasteiger partial charge in [0.15, 0.2) is 16.6 Å². The molecule has 0 saturated carbocycles. The van der Waals surface area contributed by atoms with Crippen molar-refractivity contribution in [1.29, 1.82) is 0 Å². The van der Waals surface area contributed by atoms with E-state index in [9.17, 15) is 4.79 Å². The maximum atomic E-state index is 12.0. The van der Waals surface area contributed by atoms with E-state index in [0.717, 1.165) is 10.0 Å². The van der Waals surface area contributed by atoms with Crippen molar-refractivity contribution in [1.82, 2.24) is 10.2 Å². The molecule has 7 heteroatoms. The van der Waals surface area contributed by atoms with Crippen LogP contribution >= 0.6 is 28.1 Å². The zero-order valence-electron chi connectivity index (χ0n) is 11.9. The highest BCUT2D eigenvalue weighted by molar-refractivity contribution is 9.10. The molecular weight excluding hydrogens is 356 g/mol. The van der Waals surface area contributed by atoms with Gasteiger partial charge in [0, 0.05) is 11.5 Å². The van der Waals surface area contributed by atoms with Crippen molar-refractivity contribution in [3.05, 3.63) is 27.9 Å². The van der Waals surface area contributed by atoms with Crippen molar-refractivity contribution in [2.45, 2.75) is 6.92 Å². The van der Waals surface area contributed by atoms with Crippen LogP contribution in [-0.2, 0) is 4.79 Å². The van der Waals surface area contributed by atoms with Gasteiger partial charge in [0.2, 0.25) is 0 Å². The molecule has 21 heavy (non-hydrogen) atoms. The van der Waals surface area contributed by atoms with E-state index in [0.29, 0.717) is 28.9 Å².